The Balaban J connectivity index is 3.02. The van der Waals surface area contributed by atoms with Gasteiger partial charge in [0.25, 0.3) is 0 Å². The molecule has 0 aromatic carbocycles. The number of ether oxygens (including phenoxy) is 4. The standard InChI is InChI=1S/C22H44O5/c1-3-5-6-7-8-9-10-11-12-13-16-24-18-20-26-21-19-25-17-14-15-22(23)27-4-2/h3-21H2,1-2H3. The van der Waals surface area contributed by atoms with Crippen molar-refractivity contribution in [1.82, 2.24) is 0 Å². The highest BCUT2D eigenvalue weighted by Gasteiger charge is 2.00. The Morgan fingerprint density at radius 1 is 0.556 bits per heavy atom. The number of esters is 1. The Bertz CT molecular complexity index is 296. The molecule has 0 aliphatic rings. The van der Waals surface area contributed by atoms with Crippen molar-refractivity contribution in [2.75, 3.05) is 46.2 Å². The molecule has 0 fully saturated rings. The van der Waals surface area contributed by atoms with Crippen LogP contribution in [0, 0.1) is 0 Å². The number of hydrogen-bond acceptors (Lipinski definition) is 5. The van der Waals surface area contributed by atoms with Gasteiger partial charge in [-0.2, -0.15) is 0 Å². The Hall–Kier alpha value is -0.650. The van der Waals surface area contributed by atoms with E-state index in [0.717, 1.165) is 13.0 Å². The van der Waals surface area contributed by atoms with E-state index >= 15 is 0 Å². The highest BCUT2D eigenvalue weighted by Crippen LogP contribution is 2.10. The highest BCUT2D eigenvalue weighted by molar-refractivity contribution is 5.69. The second-order valence-corrected chi connectivity index (χ2v) is 6.93. The molecule has 5 heteroatoms. The number of carbonyl (C=O) groups excluding carboxylic acids is 1. The summed E-state index contributed by atoms with van der Waals surface area (Å²) in [6, 6.07) is 0. The second-order valence-electron chi connectivity index (χ2n) is 6.93. The lowest BCUT2D eigenvalue weighted by Gasteiger charge is -2.07. The molecule has 0 unspecified atom stereocenters. The van der Waals surface area contributed by atoms with Gasteiger partial charge in [0.15, 0.2) is 0 Å². The van der Waals surface area contributed by atoms with Crippen LogP contribution in [0.4, 0.5) is 0 Å². The summed E-state index contributed by atoms with van der Waals surface area (Å²) < 4.78 is 21.3. The van der Waals surface area contributed by atoms with Gasteiger partial charge in [-0.05, 0) is 19.8 Å². The van der Waals surface area contributed by atoms with Crippen LogP contribution in [0.25, 0.3) is 0 Å². The molecular formula is C22H44O5. The van der Waals surface area contributed by atoms with Crippen molar-refractivity contribution in [3.63, 3.8) is 0 Å². The molecule has 5 nitrogen and oxygen atoms in total. The largest absolute Gasteiger partial charge is 0.466 e. The Morgan fingerprint density at radius 2 is 1.00 bits per heavy atom. The van der Waals surface area contributed by atoms with Gasteiger partial charge in [-0.15, -0.1) is 0 Å². The van der Waals surface area contributed by atoms with Crippen LogP contribution in [0.1, 0.15) is 90.9 Å². The minimum Gasteiger partial charge on any atom is -0.466 e. The minimum absolute atomic E-state index is 0.156. The number of hydrogen-bond donors (Lipinski definition) is 0. The first-order chi connectivity index (χ1) is 13.3. The summed E-state index contributed by atoms with van der Waals surface area (Å²) in [5.41, 5.74) is 0. The topological polar surface area (TPSA) is 54.0 Å². The van der Waals surface area contributed by atoms with Crippen molar-refractivity contribution in [1.29, 1.82) is 0 Å². The molecule has 0 aromatic heterocycles. The molecule has 0 amide bonds. The molecule has 0 saturated carbocycles. The van der Waals surface area contributed by atoms with Crippen LogP contribution < -0.4 is 0 Å². The molecule has 0 aliphatic carbocycles. The molecule has 0 aliphatic heterocycles. The van der Waals surface area contributed by atoms with Gasteiger partial charge < -0.3 is 18.9 Å². The molecule has 0 heterocycles. The lowest BCUT2D eigenvalue weighted by atomic mass is 10.1. The Labute approximate surface area is 167 Å². The first-order valence-corrected chi connectivity index (χ1v) is 11.2. The number of carbonyl (C=O) groups is 1. The van der Waals surface area contributed by atoms with E-state index in [1.165, 1.54) is 57.8 Å². The maximum Gasteiger partial charge on any atom is 0.305 e. The fourth-order valence-corrected chi connectivity index (χ4v) is 2.79. The van der Waals surface area contributed by atoms with E-state index in [1.54, 1.807) is 0 Å². The van der Waals surface area contributed by atoms with Crippen LogP contribution in [0.2, 0.25) is 0 Å². The van der Waals surface area contributed by atoms with E-state index in [-0.39, 0.29) is 5.97 Å². The fraction of sp³-hybridized carbons (Fsp3) is 0.955. The molecule has 0 spiro atoms. The Kier molecular flexibility index (Phi) is 22.8. The van der Waals surface area contributed by atoms with E-state index in [2.05, 4.69) is 6.92 Å². The zero-order valence-corrected chi connectivity index (χ0v) is 18.0. The van der Waals surface area contributed by atoms with Gasteiger partial charge in [0.2, 0.25) is 0 Å². The lowest BCUT2D eigenvalue weighted by molar-refractivity contribution is -0.143. The third-order valence-electron chi connectivity index (χ3n) is 4.36. The summed E-state index contributed by atoms with van der Waals surface area (Å²) >= 11 is 0. The van der Waals surface area contributed by atoms with E-state index in [4.69, 9.17) is 18.9 Å². The predicted octanol–water partition coefficient (Wildman–Crippen LogP) is 5.30. The average molecular weight is 389 g/mol. The van der Waals surface area contributed by atoms with Gasteiger partial charge in [0.05, 0.1) is 33.0 Å². The zero-order valence-electron chi connectivity index (χ0n) is 18.0. The smallest absolute Gasteiger partial charge is 0.305 e. The van der Waals surface area contributed by atoms with Gasteiger partial charge in [-0.25, -0.2) is 0 Å². The molecule has 27 heavy (non-hydrogen) atoms. The maximum absolute atomic E-state index is 11.1. The molecule has 0 N–H and O–H groups in total. The van der Waals surface area contributed by atoms with Crippen LogP contribution in [0.3, 0.4) is 0 Å². The molecular weight excluding hydrogens is 344 g/mol. The molecule has 162 valence electrons. The van der Waals surface area contributed by atoms with E-state index in [1.807, 2.05) is 6.92 Å². The summed E-state index contributed by atoms with van der Waals surface area (Å²) in [4.78, 5) is 11.1. The molecule has 0 rings (SSSR count). The predicted molar refractivity (Wildman–Crippen MR) is 110 cm³/mol. The first-order valence-electron chi connectivity index (χ1n) is 11.2. The molecule has 0 bridgehead atoms. The van der Waals surface area contributed by atoms with Crippen molar-refractivity contribution in [2.45, 2.75) is 90.9 Å². The number of unbranched alkanes of at least 4 members (excludes halogenated alkanes) is 9. The van der Waals surface area contributed by atoms with E-state index < -0.39 is 0 Å². The first kappa shape index (κ1) is 26.4. The lowest BCUT2D eigenvalue weighted by Crippen LogP contribution is -2.11. The molecule has 0 aromatic rings. The molecule has 0 saturated heterocycles. The fourth-order valence-electron chi connectivity index (χ4n) is 2.79. The van der Waals surface area contributed by atoms with Crippen molar-refractivity contribution in [3.8, 4) is 0 Å². The van der Waals surface area contributed by atoms with Crippen molar-refractivity contribution in [2.24, 2.45) is 0 Å². The van der Waals surface area contributed by atoms with E-state index in [9.17, 15) is 4.79 Å². The summed E-state index contributed by atoms with van der Waals surface area (Å²) in [6.45, 7) is 8.32. The average Bonchev–Trinajstić information content (AvgIpc) is 2.66. The van der Waals surface area contributed by atoms with Crippen LogP contribution in [-0.2, 0) is 23.7 Å². The summed E-state index contributed by atoms with van der Waals surface area (Å²) in [6.07, 6.45) is 14.6. The molecule has 0 radical (unpaired) electrons. The van der Waals surface area contributed by atoms with Gasteiger partial charge in [-0.3, -0.25) is 4.79 Å². The van der Waals surface area contributed by atoms with Crippen LogP contribution in [0.15, 0.2) is 0 Å². The highest BCUT2D eigenvalue weighted by atomic mass is 16.5. The van der Waals surface area contributed by atoms with Crippen molar-refractivity contribution in [3.05, 3.63) is 0 Å². The van der Waals surface area contributed by atoms with Crippen LogP contribution in [0.5, 0.6) is 0 Å². The van der Waals surface area contributed by atoms with E-state index in [0.29, 0.717) is 52.5 Å². The van der Waals surface area contributed by atoms with Gasteiger partial charge in [0, 0.05) is 19.6 Å². The monoisotopic (exact) mass is 388 g/mol. The van der Waals surface area contributed by atoms with Gasteiger partial charge in [0.1, 0.15) is 0 Å². The van der Waals surface area contributed by atoms with Crippen LogP contribution in [-0.4, -0.2) is 52.2 Å². The SMILES string of the molecule is CCCCCCCCCCCCOCCOCCOCCCC(=O)OCC. The minimum atomic E-state index is -0.156. The zero-order chi connectivity index (χ0) is 19.8. The maximum atomic E-state index is 11.1. The van der Waals surface area contributed by atoms with Gasteiger partial charge in [-0.1, -0.05) is 64.7 Å². The summed E-state index contributed by atoms with van der Waals surface area (Å²) in [7, 11) is 0. The summed E-state index contributed by atoms with van der Waals surface area (Å²) in [5.74, 6) is -0.156. The van der Waals surface area contributed by atoms with Crippen LogP contribution >= 0.6 is 0 Å². The Morgan fingerprint density at radius 3 is 1.52 bits per heavy atom. The normalized spacial score (nSPS) is 11.0. The third kappa shape index (κ3) is 23.3. The van der Waals surface area contributed by atoms with Gasteiger partial charge >= 0.3 is 5.97 Å². The third-order valence-corrected chi connectivity index (χ3v) is 4.36. The summed E-state index contributed by atoms with van der Waals surface area (Å²) in [5, 5.41) is 0. The molecule has 0 atom stereocenters. The van der Waals surface area contributed by atoms with Crippen molar-refractivity contribution >= 4 is 5.97 Å². The van der Waals surface area contributed by atoms with Crippen molar-refractivity contribution < 1.29 is 23.7 Å². The number of rotatable bonds is 22. The quantitative estimate of drug-likeness (QED) is 0.186. The second kappa shape index (κ2) is 23.4.